The van der Waals surface area contributed by atoms with Crippen LogP contribution in [0.15, 0.2) is 18.2 Å². The minimum Gasteiger partial charge on any atom is -0.493 e. The number of H-pyrrole nitrogens is 1. The molecule has 2 heterocycles. The maximum atomic E-state index is 12.6. The summed E-state index contributed by atoms with van der Waals surface area (Å²) in [6, 6.07) is 6.04. The van der Waals surface area contributed by atoms with Crippen molar-refractivity contribution in [1.82, 2.24) is 15.1 Å². The Labute approximate surface area is 165 Å². The Morgan fingerprint density at radius 3 is 2.71 bits per heavy atom. The Morgan fingerprint density at radius 1 is 1.25 bits per heavy atom. The van der Waals surface area contributed by atoms with Crippen LogP contribution in [0, 0.1) is 13.8 Å². The molecular weight excluding hydrogens is 358 g/mol. The number of aromatic amines is 1. The molecule has 7 heteroatoms. The summed E-state index contributed by atoms with van der Waals surface area (Å²) in [6.45, 7) is 7.59. The number of amides is 1. The van der Waals surface area contributed by atoms with Crippen LogP contribution in [0.1, 0.15) is 52.6 Å². The molecule has 28 heavy (non-hydrogen) atoms. The van der Waals surface area contributed by atoms with E-state index in [1.165, 1.54) is 0 Å². The Balaban J connectivity index is 1.52. The molecule has 1 aliphatic heterocycles. The van der Waals surface area contributed by atoms with Gasteiger partial charge in [-0.05, 0) is 38.3 Å². The van der Waals surface area contributed by atoms with Crippen molar-refractivity contribution in [3.63, 3.8) is 0 Å². The highest BCUT2D eigenvalue weighted by Crippen LogP contribution is 2.24. The maximum Gasteiger partial charge on any atom is 0.359 e. The second-order valence-corrected chi connectivity index (χ2v) is 6.99. The minimum absolute atomic E-state index is 0.0618. The van der Waals surface area contributed by atoms with Crippen LogP contribution in [-0.4, -0.2) is 46.7 Å². The highest BCUT2D eigenvalue weighted by Gasteiger charge is 2.28. The Hall–Kier alpha value is -2.83. The first kappa shape index (κ1) is 19.9. The second-order valence-electron chi connectivity index (χ2n) is 6.99. The summed E-state index contributed by atoms with van der Waals surface area (Å²) < 4.78 is 10.9. The van der Waals surface area contributed by atoms with Gasteiger partial charge in [-0.25, -0.2) is 4.79 Å². The van der Waals surface area contributed by atoms with Crippen molar-refractivity contribution in [3.05, 3.63) is 46.3 Å². The van der Waals surface area contributed by atoms with Gasteiger partial charge in [0.1, 0.15) is 5.75 Å². The number of aromatic nitrogens is 2. The summed E-state index contributed by atoms with van der Waals surface area (Å²) in [4.78, 5) is 26.4. The molecule has 0 saturated heterocycles. The summed E-state index contributed by atoms with van der Waals surface area (Å²) in [5.74, 6) is 0.512. The first-order chi connectivity index (χ1) is 13.5. The van der Waals surface area contributed by atoms with Crippen molar-refractivity contribution in [1.29, 1.82) is 0 Å². The van der Waals surface area contributed by atoms with E-state index >= 15 is 0 Å². The lowest BCUT2D eigenvalue weighted by molar-refractivity contribution is -0.132. The molecule has 0 atom stereocenters. The summed E-state index contributed by atoms with van der Waals surface area (Å²) in [6.07, 6.45) is 1.71. The molecule has 2 aromatic rings. The van der Waals surface area contributed by atoms with Crippen molar-refractivity contribution in [3.8, 4) is 5.75 Å². The molecule has 1 aliphatic rings. The van der Waals surface area contributed by atoms with Gasteiger partial charge in [0.05, 0.1) is 13.2 Å². The van der Waals surface area contributed by atoms with E-state index in [-0.39, 0.29) is 11.6 Å². The first-order valence-electron chi connectivity index (χ1n) is 9.71. The van der Waals surface area contributed by atoms with Crippen LogP contribution in [0.4, 0.5) is 0 Å². The standard InChI is InChI=1S/C21H27N3O4/c1-4-27-21(26)19-16-13-24(11-10-17(16)22-23-19)18(25)9-6-12-28-20-14(2)7-5-8-15(20)3/h5,7-8H,4,6,9-13H2,1-3H3,(H,22,23). The van der Waals surface area contributed by atoms with Gasteiger partial charge in [-0.15, -0.1) is 0 Å². The molecule has 3 rings (SSSR count). The van der Waals surface area contributed by atoms with Crippen LogP contribution in [0.3, 0.4) is 0 Å². The Bertz CT molecular complexity index is 839. The number of hydrogen-bond acceptors (Lipinski definition) is 5. The van der Waals surface area contributed by atoms with E-state index < -0.39 is 5.97 Å². The van der Waals surface area contributed by atoms with E-state index in [2.05, 4.69) is 10.2 Å². The van der Waals surface area contributed by atoms with Gasteiger partial charge in [-0.3, -0.25) is 9.89 Å². The van der Waals surface area contributed by atoms with E-state index in [4.69, 9.17) is 9.47 Å². The molecule has 0 saturated carbocycles. The van der Waals surface area contributed by atoms with Gasteiger partial charge < -0.3 is 14.4 Å². The molecule has 1 aromatic carbocycles. The molecule has 0 radical (unpaired) electrons. The molecule has 0 spiro atoms. The number of nitrogens with one attached hydrogen (secondary N) is 1. The highest BCUT2D eigenvalue weighted by molar-refractivity contribution is 5.89. The number of para-hydroxylation sites is 1. The van der Waals surface area contributed by atoms with Crippen LogP contribution in [0.5, 0.6) is 5.75 Å². The van der Waals surface area contributed by atoms with Crippen LogP contribution < -0.4 is 4.74 Å². The fourth-order valence-corrected chi connectivity index (χ4v) is 3.46. The van der Waals surface area contributed by atoms with Crippen LogP contribution in [0.2, 0.25) is 0 Å². The van der Waals surface area contributed by atoms with Crippen molar-refractivity contribution < 1.29 is 19.1 Å². The van der Waals surface area contributed by atoms with Crippen molar-refractivity contribution in [2.24, 2.45) is 0 Å². The predicted octanol–water partition coefficient (Wildman–Crippen LogP) is 2.95. The molecule has 1 aromatic heterocycles. The number of esters is 1. The number of ether oxygens (including phenoxy) is 2. The van der Waals surface area contributed by atoms with E-state index in [0.29, 0.717) is 45.6 Å². The molecular formula is C21H27N3O4. The lowest BCUT2D eigenvalue weighted by Gasteiger charge is -2.27. The second kappa shape index (κ2) is 8.91. The molecule has 0 fully saturated rings. The van der Waals surface area contributed by atoms with Gasteiger partial charge in [-0.2, -0.15) is 5.10 Å². The zero-order valence-electron chi connectivity index (χ0n) is 16.7. The average molecular weight is 385 g/mol. The van der Waals surface area contributed by atoms with Crippen LogP contribution >= 0.6 is 0 Å². The van der Waals surface area contributed by atoms with Crippen LogP contribution in [0.25, 0.3) is 0 Å². The van der Waals surface area contributed by atoms with Gasteiger partial charge in [-0.1, -0.05) is 18.2 Å². The molecule has 7 nitrogen and oxygen atoms in total. The van der Waals surface area contributed by atoms with Gasteiger partial charge in [0.25, 0.3) is 0 Å². The third-order valence-corrected chi connectivity index (χ3v) is 4.95. The SMILES string of the molecule is CCOC(=O)c1n[nH]c2c1CN(C(=O)CCCOc1c(C)cccc1C)CC2. The predicted molar refractivity (Wildman–Crippen MR) is 104 cm³/mol. The number of fused-ring (bicyclic) bond motifs is 1. The lowest BCUT2D eigenvalue weighted by Crippen LogP contribution is -2.36. The van der Waals surface area contributed by atoms with E-state index in [9.17, 15) is 9.59 Å². The van der Waals surface area contributed by atoms with E-state index in [1.54, 1.807) is 11.8 Å². The van der Waals surface area contributed by atoms with Crippen molar-refractivity contribution in [2.75, 3.05) is 19.8 Å². The monoisotopic (exact) mass is 385 g/mol. The summed E-state index contributed by atoms with van der Waals surface area (Å²) in [5, 5.41) is 6.98. The fourth-order valence-electron chi connectivity index (χ4n) is 3.46. The van der Waals surface area contributed by atoms with Crippen LogP contribution in [-0.2, 0) is 22.5 Å². The average Bonchev–Trinajstić information content (AvgIpc) is 3.10. The summed E-state index contributed by atoms with van der Waals surface area (Å²) in [5.41, 5.74) is 4.16. The number of benzene rings is 1. The van der Waals surface area contributed by atoms with Crippen molar-refractivity contribution >= 4 is 11.9 Å². The fraction of sp³-hybridized carbons (Fsp3) is 0.476. The number of hydrogen-bond donors (Lipinski definition) is 1. The number of rotatable bonds is 7. The number of carbonyl (C=O) groups is 2. The molecule has 150 valence electrons. The summed E-state index contributed by atoms with van der Waals surface area (Å²) in [7, 11) is 0. The molecule has 0 bridgehead atoms. The highest BCUT2D eigenvalue weighted by atomic mass is 16.5. The van der Waals surface area contributed by atoms with E-state index in [0.717, 1.165) is 28.1 Å². The third kappa shape index (κ3) is 4.35. The third-order valence-electron chi connectivity index (χ3n) is 4.95. The number of aryl methyl sites for hydroxylation is 2. The quantitative estimate of drug-likeness (QED) is 0.585. The largest absolute Gasteiger partial charge is 0.493 e. The van der Waals surface area contributed by atoms with Crippen molar-refractivity contribution in [2.45, 2.75) is 46.6 Å². The zero-order chi connectivity index (χ0) is 20.1. The molecule has 0 unspecified atom stereocenters. The Kier molecular flexibility index (Phi) is 6.34. The summed E-state index contributed by atoms with van der Waals surface area (Å²) >= 11 is 0. The van der Waals surface area contributed by atoms with Gasteiger partial charge in [0, 0.05) is 37.2 Å². The molecule has 0 aliphatic carbocycles. The number of carbonyl (C=O) groups excluding carboxylic acids is 2. The number of nitrogens with zero attached hydrogens (tertiary/aromatic N) is 2. The lowest BCUT2D eigenvalue weighted by atomic mass is 10.0. The molecule has 1 N–H and O–H groups in total. The molecule has 1 amide bonds. The van der Waals surface area contributed by atoms with Gasteiger partial charge >= 0.3 is 5.97 Å². The smallest absolute Gasteiger partial charge is 0.359 e. The van der Waals surface area contributed by atoms with Gasteiger partial charge in [0.15, 0.2) is 5.69 Å². The minimum atomic E-state index is -0.448. The first-order valence-corrected chi connectivity index (χ1v) is 9.71. The maximum absolute atomic E-state index is 12.6. The van der Waals surface area contributed by atoms with Gasteiger partial charge in [0.2, 0.25) is 5.91 Å². The van der Waals surface area contributed by atoms with E-state index in [1.807, 2.05) is 32.0 Å². The topological polar surface area (TPSA) is 84.5 Å². The zero-order valence-corrected chi connectivity index (χ0v) is 16.7. The Morgan fingerprint density at radius 2 is 2.00 bits per heavy atom. The normalized spacial score (nSPS) is 13.2.